The summed E-state index contributed by atoms with van der Waals surface area (Å²) in [4.78, 5) is 21.5. The van der Waals surface area contributed by atoms with E-state index >= 15 is 0 Å². The summed E-state index contributed by atoms with van der Waals surface area (Å²) < 4.78 is 10.7. The Labute approximate surface area is 149 Å². The first-order chi connectivity index (χ1) is 12.2. The molecule has 1 aliphatic heterocycles. The Bertz CT molecular complexity index is 897. The van der Waals surface area contributed by atoms with Crippen LogP contribution in [0.3, 0.4) is 0 Å². The number of anilines is 1. The molecular weight excluding hydrogens is 338 g/mol. The van der Waals surface area contributed by atoms with Gasteiger partial charge in [0.15, 0.2) is 5.16 Å². The molecule has 1 fully saturated rings. The molecule has 0 aliphatic carbocycles. The van der Waals surface area contributed by atoms with Crippen LogP contribution in [0.4, 0.5) is 10.5 Å². The number of aromatic nitrogens is 2. The van der Waals surface area contributed by atoms with Gasteiger partial charge < -0.3 is 14.5 Å². The molecule has 1 aromatic heterocycles. The lowest BCUT2D eigenvalue weighted by molar-refractivity contribution is 0.151. The van der Waals surface area contributed by atoms with Gasteiger partial charge in [0.25, 0.3) is 0 Å². The number of fused-ring (bicyclic) bond motifs is 1. The number of nitrogens with zero attached hydrogens (tertiary/aromatic N) is 2. The van der Waals surface area contributed by atoms with Crippen LogP contribution in [-0.2, 0) is 4.74 Å². The molecule has 128 valence electrons. The van der Waals surface area contributed by atoms with Crippen LogP contribution in [0, 0.1) is 0 Å². The van der Waals surface area contributed by atoms with Crippen LogP contribution >= 0.6 is 11.8 Å². The van der Waals surface area contributed by atoms with Gasteiger partial charge in [-0.3, -0.25) is 4.90 Å². The van der Waals surface area contributed by atoms with Crippen LogP contribution < -0.4 is 9.64 Å². The summed E-state index contributed by atoms with van der Waals surface area (Å²) in [7, 11) is 1.64. The van der Waals surface area contributed by atoms with E-state index in [1.54, 1.807) is 23.8 Å². The minimum atomic E-state index is -0.300. The number of H-pyrrole nitrogens is 1. The number of rotatable bonds is 5. The predicted octanol–water partition coefficient (Wildman–Crippen LogP) is 3.69. The number of hydrogen-bond donors (Lipinski definition) is 1. The van der Waals surface area contributed by atoms with Gasteiger partial charge in [-0.15, -0.1) is 0 Å². The van der Waals surface area contributed by atoms with E-state index in [0.29, 0.717) is 12.3 Å². The van der Waals surface area contributed by atoms with E-state index in [4.69, 9.17) is 9.47 Å². The quantitative estimate of drug-likeness (QED) is 0.707. The van der Waals surface area contributed by atoms with Crippen molar-refractivity contribution in [1.29, 1.82) is 0 Å². The maximum absolute atomic E-state index is 12.1. The van der Waals surface area contributed by atoms with Crippen molar-refractivity contribution in [2.24, 2.45) is 0 Å². The van der Waals surface area contributed by atoms with Crippen LogP contribution in [0.1, 0.15) is 0 Å². The topological polar surface area (TPSA) is 67.4 Å². The number of cyclic esters (lactones) is 1. The van der Waals surface area contributed by atoms with Crippen molar-refractivity contribution < 1.29 is 14.3 Å². The van der Waals surface area contributed by atoms with Gasteiger partial charge in [-0.25, -0.2) is 9.78 Å². The second-order valence-corrected chi connectivity index (χ2v) is 6.70. The molecule has 3 aromatic rings. The number of ether oxygens (including phenoxy) is 2. The maximum Gasteiger partial charge on any atom is 0.414 e. The van der Waals surface area contributed by atoms with Crippen LogP contribution in [-0.4, -0.2) is 41.6 Å². The SMILES string of the molecule is COc1ccc2nc(SC[C@H]3CN(c4ccccc4)C(=O)O3)[nH]c2c1. The van der Waals surface area contributed by atoms with E-state index in [1.807, 2.05) is 48.5 Å². The second kappa shape index (κ2) is 6.68. The number of amides is 1. The molecule has 0 bridgehead atoms. The van der Waals surface area contributed by atoms with Gasteiger partial charge >= 0.3 is 6.09 Å². The molecule has 1 aliphatic rings. The lowest BCUT2D eigenvalue weighted by Crippen LogP contribution is -2.24. The Kier molecular flexibility index (Phi) is 4.23. The monoisotopic (exact) mass is 355 g/mol. The molecule has 1 saturated heterocycles. The van der Waals surface area contributed by atoms with Crippen molar-refractivity contribution in [1.82, 2.24) is 9.97 Å². The number of carbonyl (C=O) groups excluding carboxylic acids is 1. The van der Waals surface area contributed by atoms with Gasteiger partial charge in [0.05, 0.1) is 24.7 Å². The van der Waals surface area contributed by atoms with E-state index < -0.39 is 0 Å². The van der Waals surface area contributed by atoms with Crippen molar-refractivity contribution in [3.05, 3.63) is 48.5 Å². The molecule has 1 amide bonds. The van der Waals surface area contributed by atoms with Crippen molar-refractivity contribution in [2.75, 3.05) is 24.3 Å². The Morgan fingerprint density at radius 1 is 1.32 bits per heavy atom. The Hall–Kier alpha value is -2.67. The fourth-order valence-corrected chi connectivity index (χ4v) is 3.62. The zero-order valence-electron chi connectivity index (χ0n) is 13.6. The lowest BCUT2D eigenvalue weighted by atomic mass is 10.3. The summed E-state index contributed by atoms with van der Waals surface area (Å²) in [5, 5.41) is 0.803. The molecule has 4 rings (SSSR count). The summed E-state index contributed by atoms with van der Waals surface area (Å²) in [6, 6.07) is 15.3. The number of nitrogens with one attached hydrogen (secondary N) is 1. The molecule has 0 radical (unpaired) electrons. The fraction of sp³-hybridized carbons (Fsp3) is 0.222. The third kappa shape index (κ3) is 3.28. The number of thioether (sulfide) groups is 1. The highest BCUT2D eigenvalue weighted by Crippen LogP contribution is 2.27. The molecule has 0 spiro atoms. The highest BCUT2D eigenvalue weighted by molar-refractivity contribution is 7.99. The number of benzene rings is 2. The minimum Gasteiger partial charge on any atom is -0.497 e. The summed E-state index contributed by atoms with van der Waals surface area (Å²) in [6.45, 7) is 0.546. The van der Waals surface area contributed by atoms with Gasteiger partial charge in [0.2, 0.25) is 0 Å². The van der Waals surface area contributed by atoms with Gasteiger partial charge in [-0.2, -0.15) is 0 Å². The van der Waals surface area contributed by atoms with Crippen LogP contribution in [0.2, 0.25) is 0 Å². The fourth-order valence-electron chi connectivity index (χ4n) is 2.76. The summed E-state index contributed by atoms with van der Waals surface area (Å²) in [5.74, 6) is 1.43. The Morgan fingerprint density at radius 3 is 2.96 bits per heavy atom. The first-order valence-electron chi connectivity index (χ1n) is 7.92. The van der Waals surface area contributed by atoms with Crippen molar-refractivity contribution >= 4 is 34.6 Å². The van der Waals surface area contributed by atoms with Crippen LogP contribution in [0.5, 0.6) is 5.75 Å². The molecule has 6 nitrogen and oxygen atoms in total. The van der Waals surface area contributed by atoms with E-state index in [1.165, 1.54) is 0 Å². The second-order valence-electron chi connectivity index (χ2n) is 5.69. The molecule has 2 aromatic carbocycles. The lowest BCUT2D eigenvalue weighted by Gasteiger charge is -2.12. The standard InChI is InChI=1S/C18H17N3O3S/c1-23-13-7-8-15-16(9-13)20-17(19-15)25-11-14-10-21(18(22)24-14)12-5-3-2-4-6-12/h2-9,14H,10-11H2,1H3,(H,19,20)/t14-/m1/s1. The molecule has 0 saturated carbocycles. The summed E-state index contributed by atoms with van der Waals surface area (Å²) in [5.41, 5.74) is 2.67. The average molecular weight is 355 g/mol. The smallest absolute Gasteiger partial charge is 0.414 e. The number of imidazole rings is 1. The molecule has 2 heterocycles. The number of methoxy groups -OCH3 is 1. The van der Waals surface area contributed by atoms with Gasteiger partial charge in [0.1, 0.15) is 11.9 Å². The predicted molar refractivity (Wildman–Crippen MR) is 97.4 cm³/mol. The molecule has 0 unspecified atom stereocenters. The number of para-hydroxylation sites is 1. The van der Waals surface area contributed by atoms with E-state index in [2.05, 4.69) is 9.97 Å². The number of hydrogen-bond acceptors (Lipinski definition) is 5. The Morgan fingerprint density at radius 2 is 2.16 bits per heavy atom. The zero-order valence-corrected chi connectivity index (χ0v) is 14.5. The van der Waals surface area contributed by atoms with Gasteiger partial charge in [-0.05, 0) is 24.3 Å². The van der Waals surface area contributed by atoms with Crippen LogP contribution in [0.25, 0.3) is 11.0 Å². The largest absolute Gasteiger partial charge is 0.497 e. The minimum absolute atomic E-state index is 0.166. The first-order valence-corrected chi connectivity index (χ1v) is 8.91. The van der Waals surface area contributed by atoms with E-state index in [0.717, 1.165) is 27.6 Å². The number of carbonyl (C=O) groups is 1. The average Bonchev–Trinajstić information content (AvgIpc) is 3.22. The first kappa shape index (κ1) is 15.8. The molecule has 25 heavy (non-hydrogen) atoms. The molecule has 1 atom stereocenters. The number of aromatic amines is 1. The highest BCUT2D eigenvalue weighted by atomic mass is 32.2. The third-order valence-corrected chi connectivity index (χ3v) is 5.02. The molecular formula is C18H17N3O3S. The summed E-state index contributed by atoms with van der Waals surface area (Å²) >= 11 is 1.54. The van der Waals surface area contributed by atoms with E-state index in [-0.39, 0.29) is 12.2 Å². The Balaban J connectivity index is 1.41. The van der Waals surface area contributed by atoms with Crippen molar-refractivity contribution in [2.45, 2.75) is 11.3 Å². The van der Waals surface area contributed by atoms with Crippen molar-refractivity contribution in [3.63, 3.8) is 0 Å². The summed E-state index contributed by atoms with van der Waals surface area (Å²) in [6.07, 6.45) is -0.466. The zero-order chi connectivity index (χ0) is 17.2. The molecule has 1 N–H and O–H groups in total. The highest BCUT2D eigenvalue weighted by Gasteiger charge is 2.32. The van der Waals surface area contributed by atoms with Crippen LogP contribution in [0.15, 0.2) is 53.7 Å². The third-order valence-electron chi connectivity index (χ3n) is 4.02. The maximum atomic E-state index is 12.1. The van der Waals surface area contributed by atoms with Gasteiger partial charge in [0, 0.05) is 17.5 Å². The molecule has 7 heteroatoms. The normalized spacial score (nSPS) is 17.1. The van der Waals surface area contributed by atoms with E-state index in [9.17, 15) is 4.79 Å². The van der Waals surface area contributed by atoms with Gasteiger partial charge in [-0.1, -0.05) is 30.0 Å². The van der Waals surface area contributed by atoms with Crippen molar-refractivity contribution in [3.8, 4) is 5.75 Å².